The third-order valence-corrected chi connectivity index (χ3v) is 3.04. The Labute approximate surface area is 119 Å². The van der Waals surface area contributed by atoms with Gasteiger partial charge in [0.2, 0.25) is 0 Å². The second kappa shape index (κ2) is 6.48. The van der Waals surface area contributed by atoms with Crippen LogP contribution in [-0.2, 0) is 6.54 Å². The van der Waals surface area contributed by atoms with Gasteiger partial charge < -0.3 is 10.2 Å². The van der Waals surface area contributed by atoms with E-state index in [4.69, 9.17) is 0 Å². The topological polar surface area (TPSA) is 28.2 Å². The SMILES string of the molecule is CC(C)NCc1cccc(N(C)c2ccccc2F)n1. The van der Waals surface area contributed by atoms with E-state index in [1.54, 1.807) is 17.0 Å². The number of rotatable bonds is 5. The maximum Gasteiger partial charge on any atom is 0.146 e. The average Bonchev–Trinajstić information content (AvgIpc) is 2.45. The van der Waals surface area contributed by atoms with Crippen molar-refractivity contribution < 1.29 is 4.39 Å². The first-order valence-electron chi connectivity index (χ1n) is 6.75. The predicted octanol–water partition coefficient (Wildman–Crippen LogP) is 3.49. The summed E-state index contributed by atoms with van der Waals surface area (Å²) in [7, 11) is 1.82. The van der Waals surface area contributed by atoms with Crippen molar-refractivity contribution in [2.24, 2.45) is 0 Å². The molecule has 1 heterocycles. The number of benzene rings is 1. The molecular formula is C16H20FN3. The Morgan fingerprint density at radius 3 is 2.60 bits per heavy atom. The van der Waals surface area contributed by atoms with Gasteiger partial charge in [-0.3, -0.25) is 0 Å². The fourth-order valence-corrected chi connectivity index (χ4v) is 1.91. The predicted molar refractivity (Wildman–Crippen MR) is 80.7 cm³/mol. The van der Waals surface area contributed by atoms with E-state index in [1.807, 2.05) is 31.3 Å². The molecule has 0 bridgehead atoms. The van der Waals surface area contributed by atoms with Gasteiger partial charge in [-0.25, -0.2) is 9.37 Å². The molecule has 4 heteroatoms. The Kier molecular flexibility index (Phi) is 4.69. The number of para-hydroxylation sites is 1. The van der Waals surface area contributed by atoms with E-state index in [0.717, 1.165) is 11.5 Å². The fourth-order valence-electron chi connectivity index (χ4n) is 1.91. The van der Waals surface area contributed by atoms with Gasteiger partial charge in [-0.2, -0.15) is 0 Å². The Morgan fingerprint density at radius 1 is 1.15 bits per heavy atom. The number of hydrogen-bond donors (Lipinski definition) is 1. The summed E-state index contributed by atoms with van der Waals surface area (Å²) >= 11 is 0. The Bertz CT molecular complexity index is 569. The highest BCUT2D eigenvalue weighted by Crippen LogP contribution is 2.24. The lowest BCUT2D eigenvalue weighted by molar-refractivity contribution is 0.581. The highest BCUT2D eigenvalue weighted by molar-refractivity contribution is 5.59. The standard InChI is InChI=1S/C16H20FN3/c1-12(2)18-11-13-7-6-10-16(19-13)20(3)15-9-5-4-8-14(15)17/h4-10,12,18H,11H2,1-3H3. The number of hydrogen-bond acceptors (Lipinski definition) is 3. The maximum atomic E-state index is 13.8. The van der Waals surface area contributed by atoms with E-state index < -0.39 is 0 Å². The van der Waals surface area contributed by atoms with Crippen molar-refractivity contribution in [3.63, 3.8) is 0 Å². The summed E-state index contributed by atoms with van der Waals surface area (Å²) < 4.78 is 13.8. The first-order valence-corrected chi connectivity index (χ1v) is 6.75. The normalized spacial score (nSPS) is 10.8. The van der Waals surface area contributed by atoms with Crippen LogP contribution in [0.1, 0.15) is 19.5 Å². The lowest BCUT2D eigenvalue weighted by atomic mass is 10.2. The van der Waals surface area contributed by atoms with Gasteiger partial charge in [-0.15, -0.1) is 0 Å². The number of halogens is 1. The minimum absolute atomic E-state index is 0.248. The van der Waals surface area contributed by atoms with Gasteiger partial charge in [0.05, 0.1) is 11.4 Å². The molecule has 0 radical (unpaired) electrons. The van der Waals surface area contributed by atoms with Crippen molar-refractivity contribution in [1.29, 1.82) is 0 Å². The van der Waals surface area contributed by atoms with Gasteiger partial charge in [0.1, 0.15) is 11.6 Å². The van der Waals surface area contributed by atoms with Crippen molar-refractivity contribution in [1.82, 2.24) is 10.3 Å². The van der Waals surface area contributed by atoms with E-state index in [2.05, 4.69) is 24.1 Å². The lowest BCUT2D eigenvalue weighted by Gasteiger charge is -2.19. The van der Waals surface area contributed by atoms with E-state index in [-0.39, 0.29) is 5.82 Å². The Balaban J connectivity index is 2.20. The molecule has 0 saturated heterocycles. The second-order valence-electron chi connectivity index (χ2n) is 5.03. The van der Waals surface area contributed by atoms with Crippen molar-refractivity contribution in [3.8, 4) is 0 Å². The van der Waals surface area contributed by atoms with Crippen LogP contribution in [0.3, 0.4) is 0 Å². The zero-order valence-electron chi connectivity index (χ0n) is 12.1. The molecule has 0 saturated carbocycles. The van der Waals surface area contributed by atoms with Crippen LogP contribution in [0.2, 0.25) is 0 Å². The summed E-state index contributed by atoms with van der Waals surface area (Å²) in [5.74, 6) is 0.487. The van der Waals surface area contributed by atoms with Gasteiger partial charge in [-0.1, -0.05) is 32.0 Å². The van der Waals surface area contributed by atoms with Crippen molar-refractivity contribution in [3.05, 3.63) is 54.0 Å². The molecule has 3 nitrogen and oxygen atoms in total. The summed E-state index contributed by atoms with van der Waals surface area (Å²) in [5.41, 5.74) is 1.47. The van der Waals surface area contributed by atoms with Crippen LogP contribution in [0, 0.1) is 5.82 Å². The third kappa shape index (κ3) is 3.54. The number of nitrogens with zero attached hydrogens (tertiary/aromatic N) is 2. The van der Waals surface area contributed by atoms with Crippen molar-refractivity contribution in [2.75, 3.05) is 11.9 Å². The first kappa shape index (κ1) is 14.5. The van der Waals surface area contributed by atoms with E-state index in [9.17, 15) is 4.39 Å². The summed E-state index contributed by atoms with van der Waals surface area (Å²) in [6.45, 7) is 4.89. The number of nitrogens with one attached hydrogen (secondary N) is 1. The molecule has 0 unspecified atom stereocenters. The largest absolute Gasteiger partial charge is 0.327 e. The molecule has 1 aromatic heterocycles. The molecule has 106 valence electrons. The zero-order chi connectivity index (χ0) is 14.5. The van der Waals surface area contributed by atoms with Crippen LogP contribution < -0.4 is 10.2 Å². The molecule has 0 aliphatic carbocycles. The number of anilines is 2. The van der Waals surface area contributed by atoms with Crippen LogP contribution >= 0.6 is 0 Å². The summed E-state index contributed by atoms with van der Waals surface area (Å²) in [4.78, 5) is 6.32. The summed E-state index contributed by atoms with van der Waals surface area (Å²) in [6, 6.07) is 12.9. The van der Waals surface area contributed by atoms with Crippen molar-refractivity contribution in [2.45, 2.75) is 26.4 Å². The Morgan fingerprint density at radius 2 is 1.90 bits per heavy atom. The lowest BCUT2D eigenvalue weighted by Crippen LogP contribution is -2.23. The highest BCUT2D eigenvalue weighted by atomic mass is 19.1. The first-order chi connectivity index (χ1) is 9.58. The van der Waals surface area contributed by atoms with E-state index >= 15 is 0 Å². The Hall–Kier alpha value is -1.94. The molecule has 0 amide bonds. The molecule has 0 aliphatic heterocycles. The van der Waals surface area contributed by atoms with E-state index in [0.29, 0.717) is 18.3 Å². The quantitative estimate of drug-likeness (QED) is 0.904. The van der Waals surface area contributed by atoms with Crippen LogP contribution in [0.5, 0.6) is 0 Å². The van der Waals surface area contributed by atoms with Crippen LogP contribution in [0.25, 0.3) is 0 Å². The van der Waals surface area contributed by atoms with Crippen LogP contribution in [0.4, 0.5) is 15.9 Å². The fraction of sp³-hybridized carbons (Fsp3) is 0.312. The van der Waals surface area contributed by atoms with E-state index in [1.165, 1.54) is 6.07 Å². The minimum atomic E-state index is -0.248. The van der Waals surface area contributed by atoms with Gasteiger partial charge in [0, 0.05) is 19.6 Å². The third-order valence-electron chi connectivity index (χ3n) is 3.04. The molecule has 2 aromatic rings. The molecule has 0 fully saturated rings. The number of aromatic nitrogens is 1. The highest BCUT2D eigenvalue weighted by Gasteiger charge is 2.10. The van der Waals surface area contributed by atoms with Gasteiger partial charge in [0.15, 0.2) is 0 Å². The summed E-state index contributed by atoms with van der Waals surface area (Å²) in [5, 5.41) is 3.32. The smallest absolute Gasteiger partial charge is 0.146 e. The molecule has 0 atom stereocenters. The van der Waals surface area contributed by atoms with Crippen LogP contribution in [-0.4, -0.2) is 18.1 Å². The van der Waals surface area contributed by atoms with Gasteiger partial charge >= 0.3 is 0 Å². The number of pyridine rings is 1. The zero-order valence-corrected chi connectivity index (χ0v) is 12.1. The molecule has 2 rings (SSSR count). The van der Waals surface area contributed by atoms with Gasteiger partial charge in [-0.05, 0) is 24.3 Å². The van der Waals surface area contributed by atoms with Gasteiger partial charge in [0.25, 0.3) is 0 Å². The molecule has 1 N–H and O–H groups in total. The second-order valence-corrected chi connectivity index (χ2v) is 5.03. The molecule has 0 spiro atoms. The molecule has 20 heavy (non-hydrogen) atoms. The molecular weight excluding hydrogens is 253 g/mol. The summed E-state index contributed by atoms with van der Waals surface area (Å²) in [6.07, 6.45) is 0. The minimum Gasteiger partial charge on any atom is -0.327 e. The van der Waals surface area contributed by atoms with Crippen molar-refractivity contribution >= 4 is 11.5 Å². The monoisotopic (exact) mass is 273 g/mol. The average molecular weight is 273 g/mol. The molecule has 0 aliphatic rings. The van der Waals surface area contributed by atoms with Crippen LogP contribution in [0.15, 0.2) is 42.5 Å². The molecule has 1 aromatic carbocycles. The maximum absolute atomic E-state index is 13.8.